The number of carbonyl (C=O) groups is 1. The summed E-state index contributed by atoms with van der Waals surface area (Å²) in [5, 5.41) is 3.13. The second-order valence-electron chi connectivity index (χ2n) is 4.18. The monoisotopic (exact) mass is 253 g/mol. The third kappa shape index (κ3) is 3.29. The van der Waals surface area contributed by atoms with Gasteiger partial charge in [0.25, 0.3) is 0 Å². The minimum atomic E-state index is -0.575. The van der Waals surface area contributed by atoms with Crippen molar-refractivity contribution in [1.29, 1.82) is 0 Å². The molecular formula is C14H20FNO2. The first-order valence-corrected chi connectivity index (χ1v) is 6.18. The van der Waals surface area contributed by atoms with Crippen LogP contribution in [0.4, 0.5) is 4.39 Å². The minimum absolute atomic E-state index is 0.192. The highest BCUT2D eigenvalue weighted by Gasteiger charge is 2.32. The molecule has 0 bridgehead atoms. The lowest BCUT2D eigenvalue weighted by Gasteiger charge is -2.32. The van der Waals surface area contributed by atoms with Crippen LogP contribution in [-0.2, 0) is 15.1 Å². The molecule has 1 aromatic rings. The smallest absolute Gasteiger partial charge is 0.308 e. The maximum absolute atomic E-state index is 13.3. The van der Waals surface area contributed by atoms with Gasteiger partial charge in [-0.3, -0.25) is 4.79 Å². The number of halogens is 1. The summed E-state index contributed by atoms with van der Waals surface area (Å²) < 4.78 is 18.3. The quantitative estimate of drug-likeness (QED) is 0.792. The molecule has 0 saturated heterocycles. The Hall–Kier alpha value is -1.42. The van der Waals surface area contributed by atoms with E-state index in [2.05, 4.69) is 5.32 Å². The normalized spacial score (nSPS) is 14.0. The molecule has 0 saturated carbocycles. The standard InChI is InChI=1S/C14H20FNO2/c1-4-14(16-3,10-13(17)18-5-2)11-7-6-8-12(15)9-11/h6-9,16H,4-5,10H2,1-3H3. The molecule has 0 heterocycles. The van der Waals surface area contributed by atoms with Gasteiger partial charge in [0, 0.05) is 0 Å². The molecule has 0 aliphatic carbocycles. The highest BCUT2D eigenvalue weighted by Crippen LogP contribution is 2.29. The zero-order valence-corrected chi connectivity index (χ0v) is 11.1. The summed E-state index contributed by atoms with van der Waals surface area (Å²) in [6.45, 7) is 4.08. The summed E-state index contributed by atoms with van der Waals surface area (Å²) in [5.41, 5.74) is 0.189. The first-order chi connectivity index (χ1) is 8.57. The molecule has 1 N–H and O–H groups in total. The van der Waals surface area contributed by atoms with Gasteiger partial charge in [-0.1, -0.05) is 19.1 Å². The fourth-order valence-electron chi connectivity index (χ4n) is 2.09. The van der Waals surface area contributed by atoms with Crippen molar-refractivity contribution in [3.05, 3.63) is 35.6 Å². The van der Waals surface area contributed by atoms with Gasteiger partial charge in [0.05, 0.1) is 18.6 Å². The van der Waals surface area contributed by atoms with Gasteiger partial charge in [0.15, 0.2) is 0 Å². The summed E-state index contributed by atoms with van der Waals surface area (Å²) in [4.78, 5) is 11.7. The van der Waals surface area contributed by atoms with Gasteiger partial charge in [-0.2, -0.15) is 0 Å². The third-order valence-electron chi connectivity index (χ3n) is 3.21. The summed E-state index contributed by atoms with van der Waals surface area (Å²) in [7, 11) is 1.77. The molecule has 100 valence electrons. The minimum Gasteiger partial charge on any atom is -0.466 e. The van der Waals surface area contributed by atoms with E-state index in [-0.39, 0.29) is 18.2 Å². The molecule has 0 amide bonds. The van der Waals surface area contributed by atoms with Crippen LogP contribution in [0.15, 0.2) is 24.3 Å². The zero-order valence-electron chi connectivity index (χ0n) is 11.1. The van der Waals surface area contributed by atoms with Crippen molar-refractivity contribution >= 4 is 5.97 Å². The topological polar surface area (TPSA) is 38.3 Å². The van der Waals surface area contributed by atoms with Gasteiger partial charge < -0.3 is 10.1 Å². The van der Waals surface area contributed by atoms with Crippen LogP contribution in [0.1, 0.15) is 32.3 Å². The molecule has 0 radical (unpaired) electrons. The van der Waals surface area contributed by atoms with Crippen LogP contribution in [0.5, 0.6) is 0 Å². The number of carbonyl (C=O) groups excluding carboxylic acids is 1. The number of hydrogen-bond acceptors (Lipinski definition) is 3. The molecule has 1 unspecified atom stereocenters. The van der Waals surface area contributed by atoms with Crippen LogP contribution in [0.3, 0.4) is 0 Å². The Kier molecular flexibility index (Phi) is 5.28. The van der Waals surface area contributed by atoms with E-state index >= 15 is 0 Å². The average Bonchev–Trinajstić information content (AvgIpc) is 2.36. The predicted molar refractivity (Wildman–Crippen MR) is 68.7 cm³/mol. The number of benzene rings is 1. The summed E-state index contributed by atoms with van der Waals surface area (Å²) >= 11 is 0. The van der Waals surface area contributed by atoms with E-state index in [9.17, 15) is 9.18 Å². The Labute approximate surface area is 107 Å². The molecule has 0 spiro atoms. The van der Waals surface area contributed by atoms with Gasteiger partial charge in [-0.05, 0) is 38.1 Å². The largest absolute Gasteiger partial charge is 0.466 e. The van der Waals surface area contributed by atoms with Crippen LogP contribution in [0, 0.1) is 5.82 Å². The van der Waals surface area contributed by atoms with E-state index in [1.165, 1.54) is 12.1 Å². The Bertz CT molecular complexity index is 403. The number of esters is 1. The van der Waals surface area contributed by atoms with Crippen molar-refractivity contribution in [2.45, 2.75) is 32.2 Å². The third-order valence-corrected chi connectivity index (χ3v) is 3.21. The van der Waals surface area contributed by atoms with Crippen molar-refractivity contribution in [3.63, 3.8) is 0 Å². The van der Waals surface area contributed by atoms with E-state index in [0.717, 1.165) is 5.56 Å². The fourth-order valence-corrected chi connectivity index (χ4v) is 2.09. The van der Waals surface area contributed by atoms with Gasteiger partial charge >= 0.3 is 5.97 Å². The molecule has 1 aromatic carbocycles. The molecule has 3 nitrogen and oxygen atoms in total. The lowest BCUT2D eigenvalue weighted by atomic mass is 9.84. The molecule has 0 aliphatic heterocycles. The maximum atomic E-state index is 13.3. The summed E-state index contributed by atoms with van der Waals surface area (Å²) in [5.74, 6) is -0.581. The van der Waals surface area contributed by atoms with Crippen LogP contribution < -0.4 is 5.32 Å². The molecule has 0 aliphatic rings. The van der Waals surface area contributed by atoms with Gasteiger partial charge in [0.1, 0.15) is 5.82 Å². The number of rotatable bonds is 6. The van der Waals surface area contributed by atoms with E-state index in [1.807, 2.05) is 13.0 Å². The lowest BCUT2D eigenvalue weighted by molar-refractivity contribution is -0.145. The lowest BCUT2D eigenvalue weighted by Crippen LogP contribution is -2.41. The van der Waals surface area contributed by atoms with Gasteiger partial charge in [-0.25, -0.2) is 4.39 Å². The predicted octanol–water partition coefficient (Wildman–Crippen LogP) is 2.60. The van der Waals surface area contributed by atoms with Gasteiger partial charge in [-0.15, -0.1) is 0 Å². The molecule has 1 atom stereocenters. The molecular weight excluding hydrogens is 233 g/mol. The Morgan fingerprint density at radius 3 is 2.67 bits per heavy atom. The SMILES string of the molecule is CCOC(=O)CC(CC)(NC)c1cccc(F)c1. The first kappa shape index (κ1) is 14.6. The Morgan fingerprint density at radius 2 is 2.17 bits per heavy atom. The van der Waals surface area contributed by atoms with Crippen molar-refractivity contribution in [1.82, 2.24) is 5.32 Å². The number of ether oxygens (including phenoxy) is 1. The van der Waals surface area contributed by atoms with E-state index < -0.39 is 5.54 Å². The zero-order chi connectivity index (χ0) is 13.6. The van der Waals surface area contributed by atoms with Crippen molar-refractivity contribution in [3.8, 4) is 0 Å². The van der Waals surface area contributed by atoms with Gasteiger partial charge in [0.2, 0.25) is 0 Å². The second-order valence-corrected chi connectivity index (χ2v) is 4.18. The number of hydrogen-bond donors (Lipinski definition) is 1. The van der Waals surface area contributed by atoms with Crippen LogP contribution in [0.25, 0.3) is 0 Å². The fraction of sp³-hybridized carbons (Fsp3) is 0.500. The van der Waals surface area contributed by atoms with Crippen LogP contribution in [0.2, 0.25) is 0 Å². The van der Waals surface area contributed by atoms with E-state index in [0.29, 0.717) is 13.0 Å². The van der Waals surface area contributed by atoms with Crippen LogP contribution in [-0.4, -0.2) is 19.6 Å². The summed E-state index contributed by atoms with van der Waals surface area (Å²) in [6, 6.07) is 6.32. The highest BCUT2D eigenvalue weighted by atomic mass is 19.1. The number of nitrogens with one attached hydrogen (secondary N) is 1. The molecule has 0 fully saturated rings. The Morgan fingerprint density at radius 1 is 1.44 bits per heavy atom. The highest BCUT2D eigenvalue weighted by molar-refractivity contribution is 5.71. The molecule has 18 heavy (non-hydrogen) atoms. The maximum Gasteiger partial charge on any atom is 0.308 e. The average molecular weight is 253 g/mol. The molecule has 1 rings (SSSR count). The second kappa shape index (κ2) is 6.50. The molecule has 0 aromatic heterocycles. The van der Waals surface area contributed by atoms with Crippen molar-refractivity contribution in [2.24, 2.45) is 0 Å². The summed E-state index contributed by atoms with van der Waals surface area (Å²) in [6.07, 6.45) is 0.864. The van der Waals surface area contributed by atoms with E-state index in [1.54, 1.807) is 20.0 Å². The van der Waals surface area contributed by atoms with Crippen LogP contribution >= 0.6 is 0 Å². The van der Waals surface area contributed by atoms with Crippen molar-refractivity contribution < 1.29 is 13.9 Å². The van der Waals surface area contributed by atoms with E-state index in [4.69, 9.17) is 4.74 Å². The Balaban J connectivity index is 3.02. The van der Waals surface area contributed by atoms with Crippen molar-refractivity contribution in [2.75, 3.05) is 13.7 Å². The molecule has 4 heteroatoms. The first-order valence-electron chi connectivity index (χ1n) is 6.18.